The van der Waals surface area contributed by atoms with Crippen molar-refractivity contribution in [2.24, 2.45) is 5.92 Å². The molecule has 1 aliphatic carbocycles. The highest BCUT2D eigenvalue weighted by Crippen LogP contribution is 2.30. The van der Waals surface area contributed by atoms with Gasteiger partial charge in [0, 0.05) is 0 Å². The molecule has 2 rings (SSSR count). The number of halogens is 1. The van der Waals surface area contributed by atoms with E-state index in [9.17, 15) is 0 Å². The molecule has 0 bridgehead atoms. The first-order chi connectivity index (χ1) is 7.77. The fourth-order valence-electron chi connectivity index (χ4n) is 2.29. The van der Waals surface area contributed by atoms with Crippen molar-refractivity contribution in [1.29, 1.82) is 0 Å². The molecule has 1 aromatic rings. The van der Waals surface area contributed by atoms with Gasteiger partial charge in [0.2, 0.25) is 0 Å². The number of hydrogen-bond donors (Lipinski definition) is 0. The average Bonchev–Trinajstić information content (AvgIpc) is 2.32. The summed E-state index contributed by atoms with van der Waals surface area (Å²) >= 11 is 3.58. The largest absolute Gasteiger partial charge is 0.492 e. The van der Waals surface area contributed by atoms with Gasteiger partial charge in [-0.1, -0.05) is 31.4 Å². The van der Waals surface area contributed by atoms with Crippen molar-refractivity contribution in [3.05, 3.63) is 28.2 Å². The Morgan fingerprint density at radius 1 is 1.25 bits per heavy atom. The molecule has 0 atom stereocenters. The van der Waals surface area contributed by atoms with Gasteiger partial charge in [0.1, 0.15) is 5.75 Å². The van der Waals surface area contributed by atoms with Crippen molar-refractivity contribution < 1.29 is 4.74 Å². The highest BCUT2D eigenvalue weighted by molar-refractivity contribution is 9.10. The van der Waals surface area contributed by atoms with Crippen molar-refractivity contribution in [2.75, 3.05) is 6.61 Å². The number of benzene rings is 1. The van der Waals surface area contributed by atoms with E-state index in [1.807, 2.05) is 6.07 Å². The molecule has 88 valence electrons. The summed E-state index contributed by atoms with van der Waals surface area (Å²) in [5.41, 5.74) is 1.24. The van der Waals surface area contributed by atoms with Gasteiger partial charge in [0.05, 0.1) is 11.1 Å². The highest BCUT2D eigenvalue weighted by Gasteiger charge is 2.14. The quantitative estimate of drug-likeness (QED) is 0.780. The molecule has 1 fully saturated rings. The standard InChI is InChI=1S/C14H19BrO/c1-11-6-5-9-13(14(11)15)16-10-12-7-3-2-4-8-12/h5-6,9,12H,2-4,7-8,10H2,1H3. The molecule has 0 aromatic heterocycles. The third-order valence-electron chi connectivity index (χ3n) is 3.36. The van der Waals surface area contributed by atoms with Crippen molar-refractivity contribution in [1.82, 2.24) is 0 Å². The second kappa shape index (κ2) is 5.72. The van der Waals surface area contributed by atoms with Crippen LogP contribution in [-0.4, -0.2) is 6.61 Å². The molecular formula is C14H19BrO. The van der Waals surface area contributed by atoms with E-state index in [-0.39, 0.29) is 0 Å². The maximum atomic E-state index is 5.91. The van der Waals surface area contributed by atoms with Crippen molar-refractivity contribution >= 4 is 15.9 Å². The summed E-state index contributed by atoms with van der Waals surface area (Å²) in [6.45, 7) is 2.97. The van der Waals surface area contributed by atoms with E-state index < -0.39 is 0 Å². The van der Waals surface area contributed by atoms with Gasteiger partial charge in [-0.3, -0.25) is 0 Å². The van der Waals surface area contributed by atoms with Gasteiger partial charge in [0.15, 0.2) is 0 Å². The van der Waals surface area contributed by atoms with Crippen LogP contribution in [0.1, 0.15) is 37.7 Å². The lowest BCUT2D eigenvalue weighted by atomic mass is 9.90. The van der Waals surface area contributed by atoms with Crippen LogP contribution in [0.15, 0.2) is 22.7 Å². The summed E-state index contributed by atoms with van der Waals surface area (Å²) in [6.07, 6.45) is 6.84. The van der Waals surface area contributed by atoms with Crippen LogP contribution < -0.4 is 4.74 Å². The Hall–Kier alpha value is -0.500. The van der Waals surface area contributed by atoms with Crippen LogP contribution in [0.4, 0.5) is 0 Å². The molecular weight excluding hydrogens is 264 g/mol. The Balaban J connectivity index is 1.91. The first kappa shape index (κ1) is 12.0. The Morgan fingerprint density at radius 3 is 2.75 bits per heavy atom. The first-order valence-corrected chi connectivity index (χ1v) is 6.94. The van der Waals surface area contributed by atoms with E-state index in [2.05, 4.69) is 35.0 Å². The topological polar surface area (TPSA) is 9.23 Å². The number of hydrogen-bond acceptors (Lipinski definition) is 1. The first-order valence-electron chi connectivity index (χ1n) is 6.15. The minimum Gasteiger partial charge on any atom is -0.492 e. The van der Waals surface area contributed by atoms with Crippen LogP contribution >= 0.6 is 15.9 Å². The third-order valence-corrected chi connectivity index (χ3v) is 4.37. The summed E-state index contributed by atoms with van der Waals surface area (Å²) < 4.78 is 7.01. The molecule has 0 saturated heterocycles. The normalized spacial score (nSPS) is 17.4. The molecule has 0 N–H and O–H groups in total. The van der Waals surface area contributed by atoms with Crippen LogP contribution in [0, 0.1) is 12.8 Å². The Morgan fingerprint density at radius 2 is 2.00 bits per heavy atom. The minimum absolute atomic E-state index is 0.765. The highest BCUT2D eigenvalue weighted by atomic mass is 79.9. The molecule has 0 amide bonds. The van der Waals surface area contributed by atoms with Gasteiger partial charge in [-0.05, 0) is 53.2 Å². The van der Waals surface area contributed by atoms with Gasteiger partial charge in [-0.15, -0.1) is 0 Å². The van der Waals surface area contributed by atoms with E-state index in [0.29, 0.717) is 0 Å². The second-order valence-electron chi connectivity index (χ2n) is 4.70. The Kier molecular flexibility index (Phi) is 4.28. The monoisotopic (exact) mass is 282 g/mol. The van der Waals surface area contributed by atoms with Gasteiger partial charge in [0.25, 0.3) is 0 Å². The summed E-state index contributed by atoms with van der Waals surface area (Å²) in [6, 6.07) is 6.19. The zero-order chi connectivity index (χ0) is 11.4. The molecule has 0 unspecified atom stereocenters. The van der Waals surface area contributed by atoms with E-state index in [4.69, 9.17) is 4.74 Å². The lowest BCUT2D eigenvalue weighted by molar-refractivity contribution is 0.208. The molecule has 1 saturated carbocycles. The fourth-order valence-corrected chi connectivity index (χ4v) is 2.67. The zero-order valence-corrected chi connectivity index (χ0v) is 11.4. The molecule has 2 heteroatoms. The molecule has 0 heterocycles. The van der Waals surface area contributed by atoms with Gasteiger partial charge in [-0.25, -0.2) is 0 Å². The van der Waals surface area contributed by atoms with Crippen LogP contribution in [0.5, 0.6) is 5.75 Å². The summed E-state index contributed by atoms with van der Waals surface area (Å²) in [5, 5.41) is 0. The van der Waals surface area contributed by atoms with Crippen molar-refractivity contribution in [2.45, 2.75) is 39.0 Å². The average molecular weight is 283 g/mol. The molecule has 1 nitrogen and oxygen atoms in total. The predicted octanol–water partition coefficient (Wildman–Crippen LogP) is 4.72. The third kappa shape index (κ3) is 3.00. The molecule has 0 radical (unpaired) electrons. The van der Waals surface area contributed by atoms with Crippen molar-refractivity contribution in [3.63, 3.8) is 0 Å². The number of ether oxygens (including phenoxy) is 1. The van der Waals surface area contributed by atoms with Crippen LogP contribution in [0.25, 0.3) is 0 Å². The Labute approximate surface area is 106 Å². The molecule has 0 aliphatic heterocycles. The summed E-state index contributed by atoms with van der Waals surface area (Å²) in [7, 11) is 0. The zero-order valence-electron chi connectivity index (χ0n) is 9.84. The van der Waals surface area contributed by atoms with Crippen LogP contribution in [-0.2, 0) is 0 Å². The van der Waals surface area contributed by atoms with Gasteiger partial charge >= 0.3 is 0 Å². The molecule has 16 heavy (non-hydrogen) atoms. The number of aryl methyl sites for hydroxylation is 1. The Bertz CT molecular complexity index is 343. The fraction of sp³-hybridized carbons (Fsp3) is 0.571. The lowest BCUT2D eigenvalue weighted by Gasteiger charge is -2.22. The predicted molar refractivity (Wildman–Crippen MR) is 70.9 cm³/mol. The van der Waals surface area contributed by atoms with Gasteiger partial charge < -0.3 is 4.74 Å². The van der Waals surface area contributed by atoms with E-state index in [1.165, 1.54) is 37.7 Å². The van der Waals surface area contributed by atoms with E-state index in [1.54, 1.807) is 0 Å². The van der Waals surface area contributed by atoms with E-state index in [0.717, 1.165) is 22.7 Å². The maximum Gasteiger partial charge on any atom is 0.133 e. The smallest absolute Gasteiger partial charge is 0.133 e. The molecule has 1 aliphatic rings. The molecule has 1 aromatic carbocycles. The number of rotatable bonds is 3. The van der Waals surface area contributed by atoms with Crippen LogP contribution in [0.2, 0.25) is 0 Å². The van der Waals surface area contributed by atoms with Gasteiger partial charge in [-0.2, -0.15) is 0 Å². The van der Waals surface area contributed by atoms with Crippen molar-refractivity contribution in [3.8, 4) is 5.75 Å². The molecule has 0 spiro atoms. The second-order valence-corrected chi connectivity index (χ2v) is 5.50. The van der Waals surface area contributed by atoms with E-state index >= 15 is 0 Å². The summed E-state index contributed by atoms with van der Waals surface area (Å²) in [5.74, 6) is 1.76. The van der Waals surface area contributed by atoms with Crippen LogP contribution in [0.3, 0.4) is 0 Å². The minimum atomic E-state index is 0.765. The summed E-state index contributed by atoms with van der Waals surface area (Å²) in [4.78, 5) is 0. The SMILES string of the molecule is Cc1cccc(OCC2CCCCC2)c1Br. The lowest BCUT2D eigenvalue weighted by Crippen LogP contribution is -2.15. The maximum absolute atomic E-state index is 5.91.